The molecule has 6 nitrogen and oxygen atoms in total. The van der Waals surface area contributed by atoms with Crippen molar-refractivity contribution >= 4 is 22.8 Å². The summed E-state index contributed by atoms with van der Waals surface area (Å²) in [5.74, 6) is -1.50. The average Bonchev–Trinajstić information content (AvgIpc) is 2.67. The van der Waals surface area contributed by atoms with E-state index in [0.717, 1.165) is 17.2 Å². The smallest absolute Gasteiger partial charge is 0.374 e. The molecule has 1 amide bonds. The minimum absolute atomic E-state index is 0.230. The molecule has 3 rings (SSSR count). The molecular formula is C21H19NO5. The van der Waals surface area contributed by atoms with E-state index in [1.165, 1.54) is 0 Å². The van der Waals surface area contributed by atoms with Crippen LogP contribution in [0, 0.1) is 6.92 Å². The highest BCUT2D eigenvalue weighted by Gasteiger charge is 2.15. The third-order valence-electron chi connectivity index (χ3n) is 4.15. The van der Waals surface area contributed by atoms with Crippen LogP contribution in [-0.2, 0) is 16.0 Å². The second-order valence-electron chi connectivity index (χ2n) is 6.07. The second kappa shape index (κ2) is 8.31. The SMILES string of the molecule is Cc1ccccc1CCNC(=O)COC(=O)c1cc(=O)c2ccccc2o1. The van der Waals surface area contributed by atoms with Crippen molar-refractivity contribution in [3.05, 3.63) is 81.7 Å². The van der Waals surface area contributed by atoms with Crippen molar-refractivity contribution < 1.29 is 18.7 Å². The highest BCUT2D eigenvalue weighted by molar-refractivity contribution is 5.90. The van der Waals surface area contributed by atoms with Gasteiger partial charge >= 0.3 is 5.97 Å². The van der Waals surface area contributed by atoms with E-state index in [1.807, 2.05) is 31.2 Å². The molecule has 1 aromatic heterocycles. The van der Waals surface area contributed by atoms with Crippen molar-refractivity contribution in [1.29, 1.82) is 0 Å². The molecule has 0 saturated carbocycles. The molecule has 0 spiro atoms. The molecule has 0 aliphatic heterocycles. The number of hydrogen-bond donors (Lipinski definition) is 1. The summed E-state index contributed by atoms with van der Waals surface area (Å²) < 4.78 is 10.3. The lowest BCUT2D eigenvalue weighted by molar-refractivity contribution is -0.124. The number of para-hydroxylation sites is 1. The van der Waals surface area contributed by atoms with Gasteiger partial charge in [-0.2, -0.15) is 0 Å². The zero-order valence-corrected chi connectivity index (χ0v) is 14.9. The Labute approximate surface area is 155 Å². The quantitative estimate of drug-likeness (QED) is 0.679. The van der Waals surface area contributed by atoms with Gasteiger partial charge in [-0.15, -0.1) is 0 Å². The lowest BCUT2D eigenvalue weighted by Crippen LogP contribution is -2.30. The maximum absolute atomic E-state index is 12.1. The van der Waals surface area contributed by atoms with Gasteiger partial charge in [0.1, 0.15) is 5.58 Å². The molecule has 0 atom stereocenters. The van der Waals surface area contributed by atoms with Gasteiger partial charge in [0.05, 0.1) is 5.39 Å². The van der Waals surface area contributed by atoms with Gasteiger partial charge < -0.3 is 14.5 Å². The fourth-order valence-corrected chi connectivity index (χ4v) is 2.68. The van der Waals surface area contributed by atoms with Crippen LogP contribution in [0.3, 0.4) is 0 Å². The summed E-state index contributed by atoms with van der Waals surface area (Å²) in [4.78, 5) is 35.9. The van der Waals surface area contributed by atoms with Crippen LogP contribution >= 0.6 is 0 Å². The van der Waals surface area contributed by atoms with Crippen molar-refractivity contribution in [3.8, 4) is 0 Å². The Kier molecular flexibility index (Phi) is 5.66. The minimum atomic E-state index is -0.855. The summed E-state index contributed by atoms with van der Waals surface area (Å²) in [5.41, 5.74) is 2.25. The summed E-state index contributed by atoms with van der Waals surface area (Å²) in [6.45, 7) is 2.01. The van der Waals surface area contributed by atoms with Crippen molar-refractivity contribution in [1.82, 2.24) is 5.32 Å². The van der Waals surface area contributed by atoms with Crippen LogP contribution in [0.1, 0.15) is 21.7 Å². The number of amides is 1. The van der Waals surface area contributed by atoms with Crippen LogP contribution < -0.4 is 10.7 Å². The predicted octanol–water partition coefficient (Wildman–Crippen LogP) is 2.62. The van der Waals surface area contributed by atoms with E-state index in [9.17, 15) is 14.4 Å². The number of benzene rings is 2. The highest BCUT2D eigenvalue weighted by Crippen LogP contribution is 2.12. The zero-order chi connectivity index (χ0) is 19.2. The molecule has 0 bridgehead atoms. The number of fused-ring (bicyclic) bond motifs is 1. The molecule has 138 valence electrons. The maximum atomic E-state index is 12.1. The largest absolute Gasteiger partial charge is 0.450 e. The third-order valence-corrected chi connectivity index (χ3v) is 4.15. The van der Waals surface area contributed by atoms with Gasteiger partial charge in [-0.3, -0.25) is 9.59 Å². The number of esters is 1. The molecule has 1 N–H and O–H groups in total. The molecule has 0 aliphatic rings. The molecule has 0 unspecified atom stereocenters. The van der Waals surface area contributed by atoms with Gasteiger partial charge in [0.15, 0.2) is 12.0 Å². The van der Waals surface area contributed by atoms with Gasteiger partial charge in [0.25, 0.3) is 5.91 Å². The van der Waals surface area contributed by atoms with Crippen LogP contribution in [0.2, 0.25) is 0 Å². The molecule has 1 heterocycles. The lowest BCUT2D eigenvalue weighted by Gasteiger charge is -2.08. The van der Waals surface area contributed by atoms with Crippen LogP contribution in [0.5, 0.6) is 0 Å². The molecule has 2 aromatic carbocycles. The maximum Gasteiger partial charge on any atom is 0.374 e. The first-order valence-corrected chi connectivity index (χ1v) is 8.56. The number of aryl methyl sites for hydroxylation is 1. The molecule has 0 radical (unpaired) electrons. The second-order valence-corrected chi connectivity index (χ2v) is 6.07. The van der Waals surface area contributed by atoms with E-state index >= 15 is 0 Å². The van der Waals surface area contributed by atoms with Crippen molar-refractivity contribution in [3.63, 3.8) is 0 Å². The molecule has 3 aromatic rings. The van der Waals surface area contributed by atoms with Crippen LogP contribution in [0.25, 0.3) is 11.0 Å². The Morgan fingerprint density at radius 2 is 1.81 bits per heavy atom. The number of nitrogens with one attached hydrogen (secondary N) is 1. The van der Waals surface area contributed by atoms with Gasteiger partial charge in [-0.25, -0.2) is 4.79 Å². The van der Waals surface area contributed by atoms with E-state index in [0.29, 0.717) is 23.9 Å². The van der Waals surface area contributed by atoms with Gasteiger partial charge in [0, 0.05) is 12.6 Å². The standard InChI is InChI=1S/C21H19NO5/c1-14-6-2-3-7-15(14)10-11-22-20(24)13-26-21(25)19-12-17(23)16-8-4-5-9-18(16)27-19/h2-9,12H,10-11,13H2,1H3,(H,22,24). The third kappa shape index (κ3) is 4.61. The number of ether oxygens (including phenoxy) is 1. The van der Waals surface area contributed by atoms with E-state index < -0.39 is 18.5 Å². The summed E-state index contributed by atoms with van der Waals surface area (Å²) in [6, 6.07) is 15.6. The van der Waals surface area contributed by atoms with E-state index in [2.05, 4.69) is 5.32 Å². The van der Waals surface area contributed by atoms with Gasteiger partial charge in [0.2, 0.25) is 5.76 Å². The molecule has 6 heteroatoms. The Bertz CT molecular complexity index is 1040. The Morgan fingerprint density at radius 3 is 2.63 bits per heavy atom. The van der Waals surface area contributed by atoms with Gasteiger partial charge in [-0.05, 0) is 36.6 Å². The van der Waals surface area contributed by atoms with E-state index in [-0.39, 0.29) is 11.2 Å². The normalized spacial score (nSPS) is 10.6. The van der Waals surface area contributed by atoms with Crippen LogP contribution in [0.15, 0.2) is 63.8 Å². The molecule has 0 aliphatic carbocycles. The fraction of sp³-hybridized carbons (Fsp3) is 0.190. The highest BCUT2D eigenvalue weighted by atomic mass is 16.5. The summed E-state index contributed by atoms with van der Waals surface area (Å²) in [7, 11) is 0. The molecule has 0 fully saturated rings. The summed E-state index contributed by atoms with van der Waals surface area (Å²) in [5, 5.41) is 3.08. The van der Waals surface area contributed by atoms with E-state index in [4.69, 9.17) is 9.15 Å². The van der Waals surface area contributed by atoms with Crippen molar-refractivity contribution in [2.45, 2.75) is 13.3 Å². The molecular weight excluding hydrogens is 346 g/mol. The van der Waals surface area contributed by atoms with Gasteiger partial charge in [-0.1, -0.05) is 36.4 Å². The molecule has 0 saturated heterocycles. The van der Waals surface area contributed by atoms with Crippen LogP contribution in [-0.4, -0.2) is 25.0 Å². The van der Waals surface area contributed by atoms with Crippen molar-refractivity contribution in [2.75, 3.05) is 13.2 Å². The zero-order valence-electron chi connectivity index (χ0n) is 14.9. The minimum Gasteiger partial charge on any atom is -0.450 e. The molecule has 27 heavy (non-hydrogen) atoms. The number of carbonyl (C=O) groups excluding carboxylic acids is 2. The number of carbonyl (C=O) groups is 2. The predicted molar refractivity (Wildman–Crippen MR) is 101 cm³/mol. The van der Waals surface area contributed by atoms with Crippen LogP contribution in [0.4, 0.5) is 0 Å². The Morgan fingerprint density at radius 1 is 1.07 bits per heavy atom. The average molecular weight is 365 g/mol. The first-order valence-electron chi connectivity index (χ1n) is 8.56. The summed E-state index contributed by atoms with van der Waals surface area (Å²) >= 11 is 0. The van der Waals surface area contributed by atoms with Crippen molar-refractivity contribution in [2.24, 2.45) is 0 Å². The summed E-state index contributed by atoms with van der Waals surface area (Å²) in [6.07, 6.45) is 0.686. The number of rotatable bonds is 6. The first-order chi connectivity index (χ1) is 13.0. The first kappa shape index (κ1) is 18.4. The topological polar surface area (TPSA) is 85.6 Å². The monoisotopic (exact) mass is 365 g/mol. The lowest BCUT2D eigenvalue weighted by atomic mass is 10.1. The Hall–Kier alpha value is -3.41. The van der Waals surface area contributed by atoms with E-state index in [1.54, 1.807) is 24.3 Å². The Balaban J connectivity index is 1.52. The number of hydrogen-bond acceptors (Lipinski definition) is 5. The fourth-order valence-electron chi connectivity index (χ4n) is 2.68.